The number of benzene rings is 1. The summed E-state index contributed by atoms with van der Waals surface area (Å²) in [5.74, 6) is -3.60. The summed E-state index contributed by atoms with van der Waals surface area (Å²) in [6, 6.07) is 5.60. The summed E-state index contributed by atoms with van der Waals surface area (Å²) in [5, 5.41) is 15.5. The molecular formula is C22H29F2N5O2. The molecule has 1 aromatic rings. The molecule has 0 bridgehead atoms. The third kappa shape index (κ3) is 5.36. The Labute approximate surface area is 180 Å². The third-order valence-electron chi connectivity index (χ3n) is 5.62. The molecule has 1 saturated heterocycles. The van der Waals surface area contributed by atoms with Crippen molar-refractivity contribution in [2.75, 3.05) is 6.54 Å². The van der Waals surface area contributed by atoms with E-state index in [-0.39, 0.29) is 24.3 Å². The molecule has 2 aliphatic heterocycles. The second-order valence-electron chi connectivity index (χ2n) is 7.86. The molecule has 3 rings (SSSR count). The van der Waals surface area contributed by atoms with Gasteiger partial charge in [-0.3, -0.25) is 15.0 Å². The van der Waals surface area contributed by atoms with Gasteiger partial charge in [0, 0.05) is 38.0 Å². The Balaban J connectivity index is 1.61. The molecule has 2 unspecified atom stereocenters. The van der Waals surface area contributed by atoms with Crippen molar-refractivity contribution < 1.29 is 18.7 Å². The number of hydrogen-bond acceptors (Lipinski definition) is 6. The first-order valence-electron chi connectivity index (χ1n) is 10.3. The molecule has 2 atom stereocenters. The number of aliphatic imine (C=N–C) groups is 1. The number of aliphatic hydroxyl groups excluding tert-OH is 1. The molecule has 0 spiro atoms. The normalized spacial score (nSPS) is 21.2. The molecule has 0 aliphatic carbocycles. The monoisotopic (exact) mass is 433 g/mol. The number of carbonyl (C=O) groups is 1. The van der Waals surface area contributed by atoms with Crippen molar-refractivity contribution in [3.8, 4) is 0 Å². The van der Waals surface area contributed by atoms with Crippen molar-refractivity contribution in [3.63, 3.8) is 0 Å². The highest BCUT2D eigenvalue weighted by molar-refractivity contribution is 5.82. The van der Waals surface area contributed by atoms with E-state index < -0.39 is 17.7 Å². The second-order valence-corrected chi connectivity index (χ2v) is 7.86. The van der Waals surface area contributed by atoms with Crippen molar-refractivity contribution in [2.45, 2.75) is 57.6 Å². The highest BCUT2D eigenvalue weighted by atomic mass is 19.3. The second kappa shape index (κ2) is 9.67. The molecular weight excluding hydrogens is 404 g/mol. The minimum atomic E-state index is -3.56. The Morgan fingerprint density at radius 1 is 1.48 bits per heavy atom. The number of nitrogens with one attached hydrogen (secondary N) is 2. The molecule has 0 aromatic heterocycles. The summed E-state index contributed by atoms with van der Waals surface area (Å²) in [4.78, 5) is 17.9. The van der Waals surface area contributed by atoms with Gasteiger partial charge in [0.25, 0.3) is 0 Å². The van der Waals surface area contributed by atoms with Gasteiger partial charge in [-0.25, -0.2) is 4.99 Å². The van der Waals surface area contributed by atoms with Crippen LogP contribution < -0.4 is 16.4 Å². The van der Waals surface area contributed by atoms with Crippen molar-refractivity contribution >= 4 is 12.1 Å². The van der Waals surface area contributed by atoms with Crippen LogP contribution in [0.25, 0.3) is 0 Å². The molecule has 1 fully saturated rings. The molecule has 168 valence electrons. The van der Waals surface area contributed by atoms with E-state index in [0.29, 0.717) is 13.1 Å². The van der Waals surface area contributed by atoms with Gasteiger partial charge < -0.3 is 16.2 Å². The Morgan fingerprint density at radius 2 is 2.23 bits per heavy atom. The highest BCUT2D eigenvalue weighted by Crippen LogP contribution is 2.29. The topological polar surface area (TPSA) is 103 Å². The standard InChI is InChI=1S/C22H29F2N5O2/c1-3-18(11-27-14(2)25)22(23,24)21(31)28-10-15-6-7-16-12-29(13-17(16)9-15)19-5-4-8-26-20(19)30/h3,6-7,9,11,19,21,28,31H,2,4-5,8,10,12-13,25H2,1H3,(H,26,30)/b18-3+,27-11-. The smallest absolute Gasteiger partial charge is 0.312 e. The first kappa shape index (κ1) is 23.1. The molecule has 5 N–H and O–H groups in total. The average molecular weight is 434 g/mol. The van der Waals surface area contributed by atoms with Gasteiger partial charge in [0.05, 0.1) is 6.04 Å². The Morgan fingerprint density at radius 3 is 2.90 bits per heavy atom. The predicted octanol–water partition coefficient (Wildman–Crippen LogP) is 1.77. The lowest BCUT2D eigenvalue weighted by molar-refractivity contribution is -0.128. The Kier molecular flexibility index (Phi) is 7.19. The molecule has 7 nitrogen and oxygen atoms in total. The molecule has 9 heteroatoms. The lowest BCUT2D eigenvalue weighted by Gasteiger charge is -2.29. The minimum Gasteiger partial charge on any atom is -0.384 e. The van der Waals surface area contributed by atoms with Gasteiger partial charge in [-0.15, -0.1) is 0 Å². The quantitative estimate of drug-likeness (QED) is 0.370. The van der Waals surface area contributed by atoms with Crippen LogP contribution in [0.4, 0.5) is 8.78 Å². The van der Waals surface area contributed by atoms with Gasteiger partial charge in [-0.05, 0) is 36.5 Å². The van der Waals surface area contributed by atoms with Crippen LogP contribution >= 0.6 is 0 Å². The van der Waals surface area contributed by atoms with E-state index in [1.807, 2.05) is 18.2 Å². The molecule has 1 amide bonds. The maximum atomic E-state index is 14.6. The first-order chi connectivity index (χ1) is 14.7. The number of nitrogens with two attached hydrogens (primary N) is 1. The van der Waals surface area contributed by atoms with Crippen LogP contribution in [0.2, 0.25) is 0 Å². The predicted molar refractivity (Wildman–Crippen MR) is 115 cm³/mol. The summed E-state index contributed by atoms with van der Waals surface area (Å²) >= 11 is 0. The summed E-state index contributed by atoms with van der Waals surface area (Å²) in [7, 11) is 0. The molecule has 31 heavy (non-hydrogen) atoms. The number of aliphatic hydroxyl groups is 1. The van der Waals surface area contributed by atoms with Crippen LogP contribution in [0.5, 0.6) is 0 Å². The van der Waals surface area contributed by atoms with Gasteiger partial charge in [0.1, 0.15) is 5.82 Å². The number of alkyl halides is 2. The summed E-state index contributed by atoms with van der Waals surface area (Å²) < 4.78 is 29.1. The van der Waals surface area contributed by atoms with E-state index in [0.717, 1.165) is 42.3 Å². The van der Waals surface area contributed by atoms with Gasteiger partial charge in [-0.1, -0.05) is 30.9 Å². The zero-order valence-electron chi connectivity index (χ0n) is 17.6. The van der Waals surface area contributed by atoms with E-state index in [9.17, 15) is 18.7 Å². The van der Waals surface area contributed by atoms with Crippen LogP contribution in [0, 0.1) is 0 Å². The Bertz CT molecular complexity index is 900. The number of nitrogens with zero attached hydrogens (tertiary/aromatic N) is 2. The van der Waals surface area contributed by atoms with Crippen molar-refractivity contribution in [3.05, 3.63) is 58.9 Å². The maximum Gasteiger partial charge on any atom is 0.312 e. The fourth-order valence-electron chi connectivity index (χ4n) is 3.91. The molecule has 0 radical (unpaired) electrons. The molecule has 0 saturated carbocycles. The van der Waals surface area contributed by atoms with Gasteiger partial charge >= 0.3 is 5.92 Å². The van der Waals surface area contributed by atoms with Crippen LogP contribution in [0.1, 0.15) is 36.5 Å². The minimum absolute atomic E-state index is 0.0612. The average Bonchev–Trinajstić information content (AvgIpc) is 3.15. The van der Waals surface area contributed by atoms with Gasteiger partial charge in [0.2, 0.25) is 5.91 Å². The van der Waals surface area contributed by atoms with Crippen LogP contribution in [0.3, 0.4) is 0 Å². The van der Waals surface area contributed by atoms with Crippen LogP contribution in [-0.4, -0.2) is 46.9 Å². The zero-order valence-corrected chi connectivity index (χ0v) is 17.6. The number of halogens is 2. The van der Waals surface area contributed by atoms with E-state index in [2.05, 4.69) is 27.1 Å². The summed E-state index contributed by atoms with van der Waals surface area (Å²) in [6.45, 7) is 6.88. The van der Waals surface area contributed by atoms with E-state index in [4.69, 9.17) is 5.73 Å². The largest absolute Gasteiger partial charge is 0.384 e. The molecule has 2 heterocycles. The first-order valence-corrected chi connectivity index (χ1v) is 10.3. The van der Waals surface area contributed by atoms with Gasteiger partial charge in [0.15, 0.2) is 6.23 Å². The maximum absolute atomic E-state index is 14.6. The molecule has 2 aliphatic rings. The molecule has 1 aromatic carbocycles. The van der Waals surface area contributed by atoms with Gasteiger partial charge in [-0.2, -0.15) is 8.78 Å². The number of allylic oxidation sites excluding steroid dienone is 1. The highest BCUT2D eigenvalue weighted by Gasteiger charge is 2.41. The van der Waals surface area contributed by atoms with E-state index in [1.54, 1.807) is 0 Å². The lowest BCUT2D eigenvalue weighted by atomic mass is 10.1. The van der Waals surface area contributed by atoms with Crippen molar-refractivity contribution in [2.24, 2.45) is 10.7 Å². The number of hydrogen-bond donors (Lipinski definition) is 4. The van der Waals surface area contributed by atoms with Crippen molar-refractivity contribution in [1.82, 2.24) is 15.5 Å². The summed E-state index contributed by atoms with van der Waals surface area (Å²) in [5.41, 5.74) is 7.80. The van der Waals surface area contributed by atoms with Crippen molar-refractivity contribution in [1.29, 1.82) is 0 Å². The number of carbonyl (C=O) groups excluding carboxylic acids is 1. The van der Waals surface area contributed by atoms with Crippen LogP contribution in [-0.2, 0) is 24.4 Å². The number of piperidine rings is 1. The number of fused-ring (bicyclic) bond motifs is 1. The Hall–Kier alpha value is -2.62. The van der Waals surface area contributed by atoms with E-state index >= 15 is 0 Å². The number of rotatable bonds is 8. The zero-order chi connectivity index (χ0) is 22.6. The SMILES string of the molecule is C=C(N)/N=C\C(=C/C)C(F)(F)C(O)NCc1ccc2c(c1)CN(C1CCCNC1=O)C2. The van der Waals surface area contributed by atoms with Crippen LogP contribution in [0.15, 0.2) is 47.2 Å². The third-order valence-corrected chi connectivity index (χ3v) is 5.62. The fraction of sp³-hybridized carbons (Fsp3) is 0.455. The fourth-order valence-corrected chi connectivity index (χ4v) is 3.91. The number of amides is 1. The van der Waals surface area contributed by atoms with E-state index in [1.165, 1.54) is 13.0 Å². The lowest BCUT2D eigenvalue weighted by Crippen LogP contribution is -2.48. The summed E-state index contributed by atoms with van der Waals surface area (Å²) in [6.07, 6.45) is 1.76.